The number of nitrogens with one attached hydrogen (secondary N) is 1. The van der Waals surface area contributed by atoms with Crippen LogP contribution in [0.1, 0.15) is 18.5 Å². The second-order valence-corrected chi connectivity index (χ2v) is 5.56. The zero-order valence-electron chi connectivity index (χ0n) is 12.3. The molecule has 1 N–H and O–H groups in total. The van der Waals surface area contributed by atoms with Crippen molar-refractivity contribution < 1.29 is 0 Å². The Morgan fingerprint density at radius 1 is 1.42 bits per heavy atom. The van der Waals surface area contributed by atoms with Crippen molar-refractivity contribution >= 4 is 0 Å². The molecule has 1 aromatic heterocycles. The molecule has 6 nitrogen and oxygen atoms in total. The summed E-state index contributed by atoms with van der Waals surface area (Å²) in [5, 5.41) is 11.4. The van der Waals surface area contributed by atoms with Crippen molar-refractivity contribution in [1.82, 2.24) is 30.1 Å². The van der Waals surface area contributed by atoms with Gasteiger partial charge in [0.25, 0.3) is 0 Å². The molecule has 1 aromatic rings. The predicted molar refractivity (Wildman–Crippen MR) is 75.9 cm³/mol. The second-order valence-electron chi connectivity index (χ2n) is 5.56. The van der Waals surface area contributed by atoms with Crippen LogP contribution in [-0.2, 0) is 13.1 Å². The van der Waals surface area contributed by atoms with Gasteiger partial charge in [-0.05, 0) is 40.5 Å². The van der Waals surface area contributed by atoms with E-state index in [4.69, 9.17) is 0 Å². The van der Waals surface area contributed by atoms with Crippen molar-refractivity contribution in [2.45, 2.75) is 32.0 Å². The summed E-state index contributed by atoms with van der Waals surface area (Å²) in [6, 6.07) is 0.698. The summed E-state index contributed by atoms with van der Waals surface area (Å²) in [7, 11) is 6.28. The van der Waals surface area contributed by atoms with Gasteiger partial charge in [0.1, 0.15) is 0 Å². The molecule has 1 aliphatic heterocycles. The lowest BCUT2D eigenvalue weighted by atomic mass is 10.1. The molecule has 0 aromatic carbocycles. The normalized spacial score (nSPS) is 21.2. The Morgan fingerprint density at radius 2 is 2.26 bits per heavy atom. The monoisotopic (exact) mass is 266 g/mol. The Hall–Kier alpha value is -0.980. The summed E-state index contributed by atoms with van der Waals surface area (Å²) >= 11 is 0. The third-order valence-electron chi connectivity index (χ3n) is 3.80. The molecule has 0 radical (unpaired) electrons. The van der Waals surface area contributed by atoms with Crippen LogP contribution in [0, 0.1) is 0 Å². The van der Waals surface area contributed by atoms with Crippen LogP contribution in [0.15, 0.2) is 6.20 Å². The lowest BCUT2D eigenvalue weighted by Crippen LogP contribution is -2.45. The number of nitrogens with zero attached hydrogens (tertiary/aromatic N) is 5. The van der Waals surface area contributed by atoms with Crippen LogP contribution in [0.2, 0.25) is 0 Å². The molecule has 2 heterocycles. The highest BCUT2D eigenvalue weighted by atomic mass is 15.4. The van der Waals surface area contributed by atoms with Crippen LogP contribution < -0.4 is 5.32 Å². The summed E-state index contributed by atoms with van der Waals surface area (Å²) in [5.41, 5.74) is 1.01. The molecule has 1 fully saturated rings. The molecule has 0 spiro atoms. The number of likely N-dealkylation sites (tertiary alicyclic amines) is 1. The van der Waals surface area contributed by atoms with Crippen LogP contribution in [0.4, 0.5) is 0 Å². The van der Waals surface area contributed by atoms with Gasteiger partial charge < -0.3 is 10.2 Å². The van der Waals surface area contributed by atoms with Crippen molar-refractivity contribution in [3.8, 4) is 0 Å². The molecule has 1 aliphatic rings. The number of likely N-dealkylation sites (N-methyl/N-ethyl adjacent to an activating group) is 1. The van der Waals surface area contributed by atoms with Gasteiger partial charge in [-0.1, -0.05) is 5.21 Å². The van der Waals surface area contributed by atoms with E-state index in [2.05, 4.69) is 39.5 Å². The van der Waals surface area contributed by atoms with E-state index >= 15 is 0 Å². The lowest BCUT2D eigenvalue weighted by Gasteiger charge is -2.36. The fourth-order valence-corrected chi connectivity index (χ4v) is 2.61. The van der Waals surface area contributed by atoms with Gasteiger partial charge in [0.15, 0.2) is 0 Å². The molecular weight excluding hydrogens is 240 g/mol. The highest BCUT2D eigenvalue weighted by Gasteiger charge is 2.20. The average Bonchev–Trinajstić information content (AvgIpc) is 2.85. The number of rotatable bonds is 6. The SMILES string of the molecule is CNCc1cn(CCN2CCCC(N(C)C)C2)nn1. The minimum absolute atomic E-state index is 0.698. The van der Waals surface area contributed by atoms with Gasteiger partial charge in [0.2, 0.25) is 0 Å². The number of aromatic nitrogens is 3. The third kappa shape index (κ3) is 4.26. The van der Waals surface area contributed by atoms with Gasteiger partial charge in [-0.3, -0.25) is 9.58 Å². The highest BCUT2D eigenvalue weighted by Crippen LogP contribution is 2.13. The third-order valence-corrected chi connectivity index (χ3v) is 3.80. The van der Waals surface area contributed by atoms with Crippen molar-refractivity contribution in [3.05, 3.63) is 11.9 Å². The van der Waals surface area contributed by atoms with E-state index in [9.17, 15) is 0 Å². The quantitative estimate of drug-likeness (QED) is 0.787. The van der Waals surface area contributed by atoms with Crippen LogP contribution >= 0.6 is 0 Å². The summed E-state index contributed by atoms with van der Waals surface area (Å²) < 4.78 is 1.95. The molecule has 2 rings (SSSR count). The molecule has 1 saturated heterocycles. The van der Waals surface area contributed by atoms with Gasteiger partial charge >= 0.3 is 0 Å². The molecule has 1 unspecified atom stereocenters. The molecule has 0 aliphatic carbocycles. The molecule has 19 heavy (non-hydrogen) atoms. The van der Waals surface area contributed by atoms with E-state index in [1.807, 2.05) is 17.9 Å². The van der Waals surface area contributed by atoms with Crippen LogP contribution in [0.3, 0.4) is 0 Å². The summed E-state index contributed by atoms with van der Waals surface area (Å²) in [6.07, 6.45) is 4.65. The van der Waals surface area contributed by atoms with E-state index in [1.54, 1.807) is 0 Å². The summed E-state index contributed by atoms with van der Waals surface area (Å²) in [6.45, 7) is 5.16. The lowest BCUT2D eigenvalue weighted by molar-refractivity contribution is 0.129. The smallest absolute Gasteiger partial charge is 0.0964 e. The van der Waals surface area contributed by atoms with Crippen molar-refractivity contribution in [2.75, 3.05) is 40.8 Å². The molecule has 6 heteroatoms. The average molecular weight is 266 g/mol. The maximum atomic E-state index is 4.16. The summed E-state index contributed by atoms with van der Waals surface area (Å²) in [5.74, 6) is 0. The van der Waals surface area contributed by atoms with E-state index < -0.39 is 0 Å². The van der Waals surface area contributed by atoms with E-state index in [0.29, 0.717) is 6.04 Å². The molecule has 0 saturated carbocycles. The van der Waals surface area contributed by atoms with E-state index in [0.717, 1.165) is 25.3 Å². The molecule has 1 atom stereocenters. The predicted octanol–water partition coefficient (Wildman–Crippen LogP) is 0.0235. The first-order valence-electron chi connectivity index (χ1n) is 7.11. The van der Waals surface area contributed by atoms with Crippen molar-refractivity contribution in [2.24, 2.45) is 0 Å². The largest absolute Gasteiger partial charge is 0.314 e. The van der Waals surface area contributed by atoms with Crippen LogP contribution in [0.25, 0.3) is 0 Å². The zero-order valence-corrected chi connectivity index (χ0v) is 12.3. The molecule has 108 valence electrons. The first-order valence-corrected chi connectivity index (χ1v) is 7.11. The minimum atomic E-state index is 0.698. The number of hydrogen-bond donors (Lipinski definition) is 1. The Labute approximate surface area is 115 Å². The van der Waals surface area contributed by atoms with Gasteiger partial charge in [-0.25, -0.2) is 0 Å². The van der Waals surface area contributed by atoms with Crippen LogP contribution in [-0.4, -0.2) is 71.6 Å². The maximum absolute atomic E-state index is 4.16. The van der Waals surface area contributed by atoms with Crippen molar-refractivity contribution in [3.63, 3.8) is 0 Å². The maximum Gasteiger partial charge on any atom is 0.0964 e. The Morgan fingerprint density at radius 3 is 3.00 bits per heavy atom. The first kappa shape index (κ1) is 14.4. The Kier molecular flexibility index (Phi) is 5.30. The fourth-order valence-electron chi connectivity index (χ4n) is 2.61. The molecular formula is C13H26N6. The minimum Gasteiger partial charge on any atom is -0.314 e. The number of hydrogen-bond acceptors (Lipinski definition) is 5. The standard InChI is InChI=1S/C13H26N6/c1-14-9-12-10-19(16-15-12)8-7-18-6-4-5-13(11-18)17(2)3/h10,13-14H,4-9,11H2,1-3H3. The van der Waals surface area contributed by atoms with Crippen LogP contribution in [0.5, 0.6) is 0 Å². The van der Waals surface area contributed by atoms with Gasteiger partial charge in [-0.2, -0.15) is 0 Å². The Balaban J connectivity index is 1.77. The topological polar surface area (TPSA) is 49.2 Å². The highest BCUT2D eigenvalue weighted by molar-refractivity contribution is 4.91. The van der Waals surface area contributed by atoms with Crippen molar-refractivity contribution in [1.29, 1.82) is 0 Å². The molecule has 0 bridgehead atoms. The van der Waals surface area contributed by atoms with Gasteiger partial charge in [0.05, 0.1) is 12.2 Å². The van der Waals surface area contributed by atoms with E-state index in [-0.39, 0.29) is 0 Å². The fraction of sp³-hybridized carbons (Fsp3) is 0.846. The second kappa shape index (κ2) is 6.98. The Bertz CT molecular complexity index is 375. The zero-order chi connectivity index (χ0) is 13.7. The first-order chi connectivity index (χ1) is 9.19. The van der Waals surface area contributed by atoms with Gasteiger partial charge in [0, 0.05) is 31.9 Å². The van der Waals surface area contributed by atoms with E-state index in [1.165, 1.54) is 25.9 Å². The molecule has 0 amide bonds. The number of piperidine rings is 1. The summed E-state index contributed by atoms with van der Waals surface area (Å²) in [4.78, 5) is 4.88. The van der Waals surface area contributed by atoms with Gasteiger partial charge in [-0.15, -0.1) is 5.10 Å².